The highest BCUT2D eigenvalue weighted by atomic mass is 19.1. The number of carbonyl (C=O) groups excluding carboxylic acids is 3. The van der Waals surface area contributed by atoms with Gasteiger partial charge in [0, 0.05) is 38.1 Å². The zero-order chi connectivity index (χ0) is 23.4. The van der Waals surface area contributed by atoms with E-state index in [1.165, 1.54) is 18.3 Å². The number of halogens is 1. The van der Waals surface area contributed by atoms with Gasteiger partial charge in [-0.2, -0.15) is 0 Å². The number of rotatable bonds is 10. The van der Waals surface area contributed by atoms with E-state index in [9.17, 15) is 18.8 Å². The average molecular weight is 460 g/mol. The second-order valence-corrected chi connectivity index (χ2v) is 10.2. The number of pyridine rings is 1. The maximum Gasteiger partial charge on any atom is 0.248 e. The molecule has 1 aliphatic heterocycles. The molecule has 0 aromatic carbocycles. The van der Waals surface area contributed by atoms with Crippen LogP contribution in [0.4, 0.5) is 10.2 Å². The first-order valence-corrected chi connectivity index (χ1v) is 12.3. The molecule has 1 aromatic heterocycles. The predicted molar refractivity (Wildman–Crippen MR) is 121 cm³/mol. The average Bonchev–Trinajstić information content (AvgIpc) is 3.18. The molecule has 2 heterocycles. The molecule has 180 valence electrons. The Balaban J connectivity index is 1.50. The van der Waals surface area contributed by atoms with Gasteiger partial charge in [0.15, 0.2) is 11.6 Å². The van der Waals surface area contributed by atoms with Gasteiger partial charge in [-0.1, -0.05) is 25.7 Å². The Hall–Kier alpha value is -2.35. The second-order valence-electron chi connectivity index (χ2n) is 10.2. The van der Waals surface area contributed by atoms with E-state index in [0.29, 0.717) is 31.7 Å². The highest BCUT2D eigenvalue weighted by Crippen LogP contribution is 2.55. The molecule has 1 saturated heterocycles. The Kier molecular flexibility index (Phi) is 7.41. The maximum atomic E-state index is 14.0. The number of anilines is 1. The molecule has 0 bridgehead atoms. The topological polar surface area (TPSA) is 99.6 Å². The number of nitrogens with one attached hydrogen (secondary N) is 1. The Morgan fingerprint density at radius 2 is 2.03 bits per heavy atom. The molecule has 3 aliphatic rings. The second kappa shape index (κ2) is 10.3. The van der Waals surface area contributed by atoms with Crippen LogP contribution >= 0.6 is 0 Å². The van der Waals surface area contributed by atoms with Crippen molar-refractivity contribution in [3.05, 3.63) is 24.1 Å². The molecule has 1 aromatic rings. The lowest BCUT2D eigenvalue weighted by atomic mass is 9.87. The van der Waals surface area contributed by atoms with Gasteiger partial charge < -0.3 is 15.3 Å². The normalized spacial score (nSPS) is 22.5. The van der Waals surface area contributed by atoms with Crippen LogP contribution in [0.25, 0.3) is 0 Å². The summed E-state index contributed by atoms with van der Waals surface area (Å²) >= 11 is 0. The lowest BCUT2D eigenvalue weighted by Gasteiger charge is -2.29. The number of hydrogen-bond donors (Lipinski definition) is 2. The van der Waals surface area contributed by atoms with Gasteiger partial charge >= 0.3 is 0 Å². The molecular formula is C25H34FN3O4. The largest absolute Gasteiger partial charge is 0.396 e. The molecule has 8 heteroatoms. The van der Waals surface area contributed by atoms with Crippen molar-refractivity contribution >= 4 is 23.4 Å². The summed E-state index contributed by atoms with van der Waals surface area (Å²) in [4.78, 5) is 45.0. The SMILES string of the molecule is O=C(CCCO)CC(CC1CCCC1)C(=O)N1CC2(CC2)C[C@H]1C(=O)Nc1ncccc1F. The first-order valence-electron chi connectivity index (χ1n) is 12.3. The van der Waals surface area contributed by atoms with Crippen LogP contribution in [-0.4, -0.2) is 51.8 Å². The third-order valence-electron chi connectivity index (χ3n) is 7.58. The zero-order valence-electron chi connectivity index (χ0n) is 19.1. The van der Waals surface area contributed by atoms with Crippen LogP contribution in [0.3, 0.4) is 0 Å². The van der Waals surface area contributed by atoms with Crippen molar-refractivity contribution in [2.24, 2.45) is 17.3 Å². The zero-order valence-corrected chi connectivity index (χ0v) is 19.1. The van der Waals surface area contributed by atoms with E-state index in [2.05, 4.69) is 10.3 Å². The molecule has 2 N–H and O–H groups in total. The molecule has 1 spiro atoms. The minimum Gasteiger partial charge on any atom is -0.396 e. The van der Waals surface area contributed by atoms with Crippen LogP contribution in [0.2, 0.25) is 0 Å². The van der Waals surface area contributed by atoms with E-state index in [1.807, 2.05) is 0 Å². The molecule has 2 saturated carbocycles. The molecule has 3 fully saturated rings. The smallest absolute Gasteiger partial charge is 0.248 e. The van der Waals surface area contributed by atoms with Crippen LogP contribution in [0.1, 0.15) is 70.6 Å². The highest BCUT2D eigenvalue weighted by Gasteiger charge is 2.56. The van der Waals surface area contributed by atoms with Crippen LogP contribution in [0.5, 0.6) is 0 Å². The summed E-state index contributed by atoms with van der Waals surface area (Å²) < 4.78 is 14.0. The van der Waals surface area contributed by atoms with Crippen molar-refractivity contribution in [1.29, 1.82) is 0 Å². The third-order valence-corrected chi connectivity index (χ3v) is 7.58. The number of aliphatic hydroxyl groups excluding tert-OH is 1. The Morgan fingerprint density at radius 1 is 1.27 bits per heavy atom. The number of likely N-dealkylation sites (tertiary alicyclic amines) is 1. The summed E-state index contributed by atoms with van der Waals surface area (Å²) in [6.07, 6.45) is 9.84. The molecular weight excluding hydrogens is 425 g/mol. The number of nitrogens with zero attached hydrogens (tertiary/aromatic N) is 2. The van der Waals surface area contributed by atoms with Crippen molar-refractivity contribution < 1.29 is 23.9 Å². The minimum atomic E-state index is -0.681. The van der Waals surface area contributed by atoms with Crippen LogP contribution < -0.4 is 5.32 Å². The van der Waals surface area contributed by atoms with Crippen LogP contribution in [0, 0.1) is 23.1 Å². The van der Waals surface area contributed by atoms with Crippen molar-refractivity contribution in [3.8, 4) is 0 Å². The minimum absolute atomic E-state index is 0.0164. The van der Waals surface area contributed by atoms with Gasteiger partial charge in [-0.05, 0) is 55.6 Å². The summed E-state index contributed by atoms with van der Waals surface area (Å²) in [5, 5.41) is 11.6. The van der Waals surface area contributed by atoms with Gasteiger partial charge in [0.25, 0.3) is 0 Å². The molecule has 0 radical (unpaired) electrons. The van der Waals surface area contributed by atoms with E-state index in [0.717, 1.165) is 38.5 Å². The molecule has 4 rings (SSSR count). The molecule has 33 heavy (non-hydrogen) atoms. The summed E-state index contributed by atoms with van der Waals surface area (Å²) in [5.41, 5.74) is -0.0286. The molecule has 2 aliphatic carbocycles. The van der Waals surface area contributed by atoms with E-state index >= 15 is 0 Å². The summed E-state index contributed by atoms with van der Waals surface area (Å²) in [7, 11) is 0. The third kappa shape index (κ3) is 5.78. The van der Waals surface area contributed by atoms with E-state index in [-0.39, 0.29) is 42.4 Å². The predicted octanol–water partition coefficient (Wildman–Crippen LogP) is 3.47. The van der Waals surface area contributed by atoms with Crippen molar-refractivity contribution in [3.63, 3.8) is 0 Å². The van der Waals surface area contributed by atoms with Gasteiger partial charge in [-0.3, -0.25) is 14.4 Å². The van der Waals surface area contributed by atoms with E-state index in [1.54, 1.807) is 4.90 Å². The fraction of sp³-hybridized carbons (Fsp3) is 0.680. The lowest BCUT2D eigenvalue weighted by molar-refractivity contribution is -0.142. The summed E-state index contributed by atoms with van der Waals surface area (Å²) in [6.45, 7) is 0.467. The first-order chi connectivity index (χ1) is 15.9. The Morgan fingerprint density at radius 3 is 2.70 bits per heavy atom. The van der Waals surface area contributed by atoms with Crippen molar-refractivity contribution in [2.45, 2.75) is 76.7 Å². The monoisotopic (exact) mass is 459 g/mol. The fourth-order valence-electron chi connectivity index (χ4n) is 5.55. The van der Waals surface area contributed by atoms with Crippen molar-refractivity contribution in [2.75, 3.05) is 18.5 Å². The standard InChI is InChI=1S/C25H34FN3O4/c26-20-8-3-11-27-22(20)28-23(32)21-15-25(9-10-25)16-29(21)24(33)18(13-17-5-1-2-6-17)14-19(31)7-4-12-30/h3,8,11,17-18,21,30H,1-2,4-7,9-10,12-16H2,(H,27,28,32)/t18?,21-/m0/s1. The Bertz CT molecular complexity index is 882. The fourth-order valence-corrected chi connectivity index (χ4v) is 5.55. The maximum absolute atomic E-state index is 14.0. The molecule has 2 atom stereocenters. The van der Waals surface area contributed by atoms with Gasteiger partial charge in [0.1, 0.15) is 11.8 Å². The quantitative estimate of drug-likeness (QED) is 0.558. The van der Waals surface area contributed by atoms with Crippen molar-refractivity contribution in [1.82, 2.24) is 9.88 Å². The number of carbonyl (C=O) groups is 3. The van der Waals surface area contributed by atoms with Crippen LogP contribution in [-0.2, 0) is 14.4 Å². The van der Waals surface area contributed by atoms with Gasteiger partial charge in [0.2, 0.25) is 11.8 Å². The molecule has 1 unspecified atom stereocenters. The number of aliphatic hydroxyl groups is 1. The number of hydrogen-bond acceptors (Lipinski definition) is 5. The van der Waals surface area contributed by atoms with E-state index < -0.39 is 23.7 Å². The molecule has 7 nitrogen and oxygen atoms in total. The van der Waals surface area contributed by atoms with Gasteiger partial charge in [-0.15, -0.1) is 0 Å². The number of ketones is 1. The highest BCUT2D eigenvalue weighted by molar-refractivity contribution is 5.98. The number of aromatic nitrogens is 1. The molecule has 2 amide bonds. The number of amides is 2. The summed E-state index contributed by atoms with van der Waals surface area (Å²) in [6, 6.07) is 2.01. The van der Waals surface area contributed by atoms with Gasteiger partial charge in [-0.25, -0.2) is 9.37 Å². The lowest BCUT2D eigenvalue weighted by Crippen LogP contribution is -2.46. The number of Topliss-reactive ketones (excluding diaryl/α,β-unsaturated/α-hetero) is 1. The first kappa shape index (κ1) is 23.8. The van der Waals surface area contributed by atoms with Gasteiger partial charge in [0.05, 0.1) is 0 Å². The summed E-state index contributed by atoms with van der Waals surface area (Å²) in [5.74, 6) is -1.34. The Labute approximate surface area is 194 Å². The van der Waals surface area contributed by atoms with E-state index in [4.69, 9.17) is 5.11 Å². The van der Waals surface area contributed by atoms with Crippen LogP contribution in [0.15, 0.2) is 18.3 Å².